The Labute approximate surface area is 100 Å². The molecule has 1 fully saturated rings. The van der Waals surface area contributed by atoms with Gasteiger partial charge in [-0.25, -0.2) is 17.5 Å². The fourth-order valence-electron chi connectivity index (χ4n) is 1.96. The maximum Gasteiger partial charge on any atom is 0.241 e. The van der Waals surface area contributed by atoms with E-state index in [0.29, 0.717) is 18.4 Å². The summed E-state index contributed by atoms with van der Waals surface area (Å²) >= 11 is 0. The van der Waals surface area contributed by atoms with Gasteiger partial charge < -0.3 is 5.73 Å². The molecule has 1 saturated carbocycles. The predicted molar refractivity (Wildman–Crippen MR) is 62.5 cm³/mol. The first kappa shape index (κ1) is 12.5. The summed E-state index contributed by atoms with van der Waals surface area (Å²) in [7, 11) is -3.56. The van der Waals surface area contributed by atoms with Gasteiger partial charge in [0.1, 0.15) is 5.82 Å². The van der Waals surface area contributed by atoms with Crippen LogP contribution >= 0.6 is 0 Å². The third-order valence-corrected chi connectivity index (χ3v) is 4.60. The third kappa shape index (κ3) is 2.65. The summed E-state index contributed by atoms with van der Waals surface area (Å²) in [6, 6.07) is 3.62. The van der Waals surface area contributed by atoms with Crippen molar-refractivity contribution in [3.8, 4) is 0 Å². The van der Waals surface area contributed by atoms with Crippen LogP contribution in [0.15, 0.2) is 23.1 Å². The van der Waals surface area contributed by atoms with Crippen molar-refractivity contribution in [2.45, 2.75) is 36.7 Å². The Bertz CT molecular complexity index is 524. The van der Waals surface area contributed by atoms with E-state index >= 15 is 0 Å². The van der Waals surface area contributed by atoms with E-state index < -0.39 is 15.8 Å². The Kier molecular flexibility index (Phi) is 3.20. The van der Waals surface area contributed by atoms with Crippen LogP contribution in [0.2, 0.25) is 0 Å². The molecule has 6 heteroatoms. The highest BCUT2D eigenvalue weighted by Crippen LogP contribution is 2.22. The Morgan fingerprint density at radius 2 is 2.06 bits per heavy atom. The molecule has 0 atom stereocenters. The second-order valence-electron chi connectivity index (χ2n) is 4.46. The van der Waals surface area contributed by atoms with Crippen LogP contribution in [0.3, 0.4) is 0 Å². The molecule has 1 aliphatic rings. The van der Waals surface area contributed by atoms with Gasteiger partial charge in [0, 0.05) is 12.1 Å². The van der Waals surface area contributed by atoms with Gasteiger partial charge in [-0.05, 0) is 43.5 Å². The maximum atomic E-state index is 12.9. The second kappa shape index (κ2) is 4.36. The van der Waals surface area contributed by atoms with Crippen molar-refractivity contribution < 1.29 is 12.8 Å². The van der Waals surface area contributed by atoms with Crippen molar-refractivity contribution in [3.05, 3.63) is 29.6 Å². The molecule has 2 rings (SSSR count). The molecule has 0 unspecified atom stereocenters. The van der Waals surface area contributed by atoms with Gasteiger partial charge in [-0.3, -0.25) is 0 Å². The minimum atomic E-state index is -3.56. The lowest BCUT2D eigenvalue weighted by Gasteiger charge is -2.32. The number of rotatable bonds is 3. The molecular formula is C11H15FN2O2S. The molecule has 0 spiro atoms. The zero-order valence-corrected chi connectivity index (χ0v) is 10.3. The smallest absolute Gasteiger partial charge is 0.241 e. The van der Waals surface area contributed by atoms with Gasteiger partial charge in [0.15, 0.2) is 0 Å². The second-order valence-corrected chi connectivity index (χ2v) is 6.14. The first-order valence-corrected chi connectivity index (χ1v) is 6.91. The number of nitrogens with one attached hydrogen (secondary N) is 1. The van der Waals surface area contributed by atoms with E-state index in [9.17, 15) is 12.8 Å². The van der Waals surface area contributed by atoms with E-state index in [2.05, 4.69) is 4.72 Å². The van der Waals surface area contributed by atoms with Crippen molar-refractivity contribution >= 4 is 10.0 Å². The van der Waals surface area contributed by atoms with Crippen LogP contribution in [-0.4, -0.2) is 20.5 Å². The van der Waals surface area contributed by atoms with E-state index in [1.807, 2.05) is 0 Å². The Morgan fingerprint density at radius 3 is 2.59 bits per heavy atom. The van der Waals surface area contributed by atoms with Crippen LogP contribution in [0, 0.1) is 12.7 Å². The topological polar surface area (TPSA) is 72.2 Å². The molecule has 0 saturated heterocycles. The van der Waals surface area contributed by atoms with Crippen LogP contribution in [0.25, 0.3) is 0 Å². The van der Waals surface area contributed by atoms with Crippen molar-refractivity contribution in [3.63, 3.8) is 0 Å². The maximum absolute atomic E-state index is 12.9. The molecule has 0 bridgehead atoms. The first-order valence-electron chi connectivity index (χ1n) is 5.42. The Morgan fingerprint density at radius 1 is 1.41 bits per heavy atom. The van der Waals surface area contributed by atoms with Gasteiger partial charge in [0.25, 0.3) is 0 Å². The number of halogens is 1. The van der Waals surface area contributed by atoms with Crippen LogP contribution in [-0.2, 0) is 10.0 Å². The molecule has 0 amide bonds. The van der Waals surface area contributed by atoms with E-state index in [1.165, 1.54) is 12.1 Å². The van der Waals surface area contributed by atoms with Crippen LogP contribution in [0.4, 0.5) is 4.39 Å². The highest BCUT2D eigenvalue weighted by Gasteiger charge is 2.30. The molecule has 1 aromatic rings. The number of sulfonamides is 1. The molecular weight excluding hydrogens is 243 g/mol. The molecule has 3 N–H and O–H groups in total. The van der Waals surface area contributed by atoms with E-state index in [4.69, 9.17) is 5.73 Å². The summed E-state index contributed by atoms with van der Waals surface area (Å²) in [5.74, 6) is -0.438. The van der Waals surface area contributed by atoms with E-state index in [1.54, 1.807) is 6.92 Å². The standard InChI is InChI=1S/C11H15FN2O2S/c1-7-4-8(12)2-3-11(7)17(15,16)14-10-5-9(13)6-10/h2-4,9-10,14H,5-6,13H2,1H3. The van der Waals surface area contributed by atoms with Crippen LogP contribution in [0.5, 0.6) is 0 Å². The quantitative estimate of drug-likeness (QED) is 0.846. The van der Waals surface area contributed by atoms with Crippen molar-refractivity contribution in [1.29, 1.82) is 0 Å². The summed E-state index contributed by atoms with van der Waals surface area (Å²) in [6.45, 7) is 1.57. The van der Waals surface area contributed by atoms with Crippen LogP contribution < -0.4 is 10.5 Å². The molecule has 0 aromatic heterocycles. The number of aryl methyl sites for hydroxylation is 1. The molecule has 4 nitrogen and oxygen atoms in total. The normalized spacial score (nSPS) is 24.4. The summed E-state index contributed by atoms with van der Waals surface area (Å²) in [5, 5.41) is 0. The van der Waals surface area contributed by atoms with Crippen molar-refractivity contribution in [2.75, 3.05) is 0 Å². The average Bonchev–Trinajstić information content (AvgIpc) is 2.14. The molecule has 1 aromatic carbocycles. The number of benzene rings is 1. The number of hydrogen-bond donors (Lipinski definition) is 2. The largest absolute Gasteiger partial charge is 0.328 e. The summed E-state index contributed by atoms with van der Waals surface area (Å²) in [4.78, 5) is 0.124. The highest BCUT2D eigenvalue weighted by molar-refractivity contribution is 7.89. The van der Waals surface area contributed by atoms with Crippen molar-refractivity contribution in [1.82, 2.24) is 4.72 Å². The summed E-state index contributed by atoms with van der Waals surface area (Å²) in [6.07, 6.45) is 1.30. The molecule has 94 valence electrons. The fourth-order valence-corrected chi connectivity index (χ4v) is 3.44. The molecule has 1 aliphatic carbocycles. The zero-order chi connectivity index (χ0) is 12.6. The minimum absolute atomic E-state index is 0.0806. The van der Waals surface area contributed by atoms with E-state index in [0.717, 1.165) is 6.07 Å². The third-order valence-electron chi connectivity index (χ3n) is 2.92. The molecule has 0 aliphatic heterocycles. The van der Waals surface area contributed by atoms with Crippen LogP contribution in [0.1, 0.15) is 18.4 Å². The van der Waals surface area contributed by atoms with Gasteiger partial charge in [-0.15, -0.1) is 0 Å². The minimum Gasteiger partial charge on any atom is -0.328 e. The Balaban J connectivity index is 2.20. The molecule has 0 heterocycles. The highest BCUT2D eigenvalue weighted by atomic mass is 32.2. The zero-order valence-electron chi connectivity index (χ0n) is 9.48. The predicted octanol–water partition coefficient (Wildman–Crippen LogP) is 0.902. The number of hydrogen-bond acceptors (Lipinski definition) is 3. The van der Waals surface area contributed by atoms with E-state index in [-0.39, 0.29) is 17.0 Å². The fraction of sp³-hybridized carbons (Fsp3) is 0.455. The summed E-state index contributed by atoms with van der Waals surface area (Å²) < 4.78 is 39.5. The van der Waals surface area contributed by atoms with Gasteiger partial charge in [0.2, 0.25) is 10.0 Å². The van der Waals surface area contributed by atoms with Gasteiger partial charge in [-0.1, -0.05) is 0 Å². The SMILES string of the molecule is Cc1cc(F)ccc1S(=O)(=O)NC1CC(N)C1. The lowest BCUT2D eigenvalue weighted by Crippen LogP contribution is -2.50. The number of nitrogens with two attached hydrogens (primary N) is 1. The Hall–Kier alpha value is -0.980. The first-order chi connectivity index (χ1) is 7.88. The summed E-state index contributed by atoms with van der Waals surface area (Å²) in [5.41, 5.74) is 6.00. The lowest BCUT2D eigenvalue weighted by atomic mass is 9.89. The molecule has 0 radical (unpaired) electrons. The van der Waals surface area contributed by atoms with Gasteiger partial charge >= 0.3 is 0 Å². The van der Waals surface area contributed by atoms with Crippen molar-refractivity contribution in [2.24, 2.45) is 5.73 Å². The monoisotopic (exact) mass is 258 g/mol. The van der Waals surface area contributed by atoms with Gasteiger partial charge in [0.05, 0.1) is 4.90 Å². The van der Waals surface area contributed by atoms with Gasteiger partial charge in [-0.2, -0.15) is 0 Å². The lowest BCUT2D eigenvalue weighted by molar-refractivity contribution is 0.327. The molecule has 17 heavy (non-hydrogen) atoms. The average molecular weight is 258 g/mol.